The lowest BCUT2D eigenvalue weighted by atomic mass is 10.1. The van der Waals surface area contributed by atoms with Crippen molar-refractivity contribution in [3.05, 3.63) is 55.3 Å². The zero-order chi connectivity index (χ0) is 14.9. The van der Waals surface area contributed by atoms with Gasteiger partial charge < -0.3 is 5.32 Å². The van der Waals surface area contributed by atoms with E-state index in [1.807, 2.05) is 19.9 Å². The smallest absolute Gasteiger partial charge is 0.271 e. The molecule has 0 bridgehead atoms. The Bertz CT molecular complexity index is 692. The van der Waals surface area contributed by atoms with Gasteiger partial charge in [-0.05, 0) is 32.4 Å². The largest absolute Gasteiger partial charge is 0.321 e. The maximum Gasteiger partial charge on any atom is 0.271 e. The van der Waals surface area contributed by atoms with E-state index in [0.717, 1.165) is 15.3 Å². The van der Waals surface area contributed by atoms with Crippen molar-refractivity contribution in [2.45, 2.75) is 20.8 Å². The molecule has 1 amide bonds. The topological polar surface area (TPSA) is 72.2 Å². The molecule has 0 saturated carbocycles. The number of hydrogen-bond acceptors (Lipinski definition) is 4. The highest BCUT2D eigenvalue weighted by molar-refractivity contribution is 7.12. The van der Waals surface area contributed by atoms with Gasteiger partial charge in [-0.1, -0.05) is 6.07 Å². The Labute approximate surface area is 120 Å². The number of thiophene rings is 1. The Balaban J connectivity index is 2.30. The predicted octanol–water partition coefficient (Wildman–Crippen LogP) is 3.83. The summed E-state index contributed by atoms with van der Waals surface area (Å²) in [4.78, 5) is 24.5. The van der Waals surface area contributed by atoms with E-state index in [4.69, 9.17) is 0 Å². The Kier molecular flexibility index (Phi) is 3.85. The summed E-state index contributed by atoms with van der Waals surface area (Å²) in [7, 11) is 0. The van der Waals surface area contributed by atoms with Gasteiger partial charge in [-0.15, -0.1) is 11.3 Å². The van der Waals surface area contributed by atoms with Crippen molar-refractivity contribution in [3.8, 4) is 0 Å². The van der Waals surface area contributed by atoms with Gasteiger partial charge >= 0.3 is 0 Å². The number of nitro groups is 1. The minimum atomic E-state index is -0.477. The first-order chi connectivity index (χ1) is 9.38. The van der Waals surface area contributed by atoms with Crippen molar-refractivity contribution in [2.75, 3.05) is 5.32 Å². The minimum absolute atomic E-state index is 0.0379. The molecular formula is C14H14N2O3S. The highest BCUT2D eigenvalue weighted by Gasteiger charge is 2.15. The molecule has 0 fully saturated rings. The van der Waals surface area contributed by atoms with Gasteiger partial charge in [0, 0.05) is 21.9 Å². The first-order valence-electron chi connectivity index (χ1n) is 6.02. The summed E-state index contributed by atoms with van der Waals surface area (Å²) in [5, 5.41) is 13.5. The minimum Gasteiger partial charge on any atom is -0.321 e. The molecule has 0 aliphatic carbocycles. The lowest BCUT2D eigenvalue weighted by molar-refractivity contribution is -0.384. The second kappa shape index (κ2) is 5.42. The molecule has 0 aliphatic heterocycles. The van der Waals surface area contributed by atoms with Crippen LogP contribution in [0.25, 0.3) is 0 Å². The second-order valence-electron chi connectivity index (χ2n) is 4.54. The number of rotatable bonds is 3. The average Bonchev–Trinajstić information content (AvgIpc) is 2.71. The van der Waals surface area contributed by atoms with Crippen molar-refractivity contribution >= 4 is 28.6 Å². The molecule has 1 N–H and O–H groups in total. The molecule has 6 heteroatoms. The Hall–Kier alpha value is -2.21. The fraction of sp³-hybridized carbons (Fsp3) is 0.214. The number of anilines is 1. The molecular weight excluding hydrogens is 276 g/mol. The van der Waals surface area contributed by atoms with Gasteiger partial charge in [0.1, 0.15) is 0 Å². The van der Waals surface area contributed by atoms with Crippen molar-refractivity contribution < 1.29 is 9.72 Å². The molecule has 0 atom stereocenters. The predicted molar refractivity (Wildman–Crippen MR) is 79.6 cm³/mol. The number of benzene rings is 1. The number of nitro benzene ring substituents is 1. The fourth-order valence-corrected chi connectivity index (χ4v) is 2.83. The fourth-order valence-electron chi connectivity index (χ4n) is 1.90. The Morgan fingerprint density at radius 3 is 2.50 bits per heavy atom. The van der Waals surface area contributed by atoms with Crippen LogP contribution in [0.1, 0.15) is 25.7 Å². The summed E-state index contributed by atoms with van der Waals surface area (Å²) in [6.07, 6.45) is 0. The monoisotopic (exact) mass is 290 g/mol. The lowest BCUT2D eigenvalue weighted by Gasteiger charge is -2.08. The van der Waals surface area contributed by atoms with Crippen LogP contribution in [0.5, 0.6) is 0 Å². The van der Waals surface area contributed by atoms with Crippen LogP contribution in [0, 0.1) is 30.9 Å². The van der Waals surface area contributed by atoms with E-state index in [1.165, 1.54) is 12.1 Å². The zero-order valence-corrected chi connectivity index (χ0v) is 12.2. The molecule has 0 aliphatic rings. The van der Waals surface area contributed by atoms with Gasteiger partial charge in [0.25, 0.3) is 11.6 Å². The van der Waals surface area contributed by atoms with Gasteiger partial charge in [0.2, 0.25) is 0 Å². The number of hydrogen-bond donors (Lipinski definition) is 1. The summed E-state index contributed by atoms with van der Waals surface area (Å²) in [6, 6.07) is 6.24. The maximum absolute atomic E-state index is 12.2. The summed E-state index contributed by atoms with van der Waals surface area (Å²) in [6.45, 7) is 5.62. The Morgan fingerprint density at radius 2 is 1.95 bits per heavy atom. The molecule has 1 aromatic heterocycles. The maximum atomic E-state index is 12.2. The van der Waals surface area contributed by atoms with E-state index in [0.29, 0.717) is 11.3 Å². The summed E-state index contributed by atoms with van der Waals surface area (Å²) in [5.41, 5.74) is 1.82. The molecule has 1 aromatic carbocycles. The summed E-state index contributed by atoms with van der Waals surface area (Å²) in [5.74, 6) is -0.240. The van der Waals surface area contributed by atoms with E-state index in [1.54, 1.807) is 24.3 Å². The second-order valence-corrected chi connectivity index (χ2v) is 6.00. The van der Waals surface area contributed by atoms with Crippen LogP contribution in [0.3, 0.4) is 0 Å². The van der Waals surface area contributed by atoms with E-state index >= 15 is 0 Å². The quantitative estimate of drug-likeness (QED) is 0.689. The molecule has 20 heavy (non-hydrogen) atoms. The van der Waals surface area contributed by atoms with Gasteiger partial charge in [-0.2, -0.15) is 0 Å². The molecule has 104 valence electrons. The van der Waals surface area contributed by atoms with Gasteiger partial charge in [0.05, 0.1) is 16.2 Å². The summed E-state index contributed by atoms with van der Waals surface area (Å²) < 4.78 is 0. The van der Waals surface area contributed by atoms with Crippen LogP contribution in [-0.2, 0) is 0 Å². The third-order valence-corrected chi connectivity index (χ3v) is 3.93. The van der Waals surface area contributed by atoms with E-state index in [-0.39, 0.29) is 11.6 Å². The number of carbonyl (C=O) groups is 1. The number of aryl methyl sites for hydroxylation is 3. The third-order valence-electron chi connectivity index (χ3n) is 2.97. The van der Waals surface area contributed by atoms with Crippen LogP contribution in [-0.4, -0.2) is 10.8 Å². The van der Waals surface area contributed by atoms with Crippen LogP contribution >= 0.6 is 11.3 Å². The third kappa shape index (κ3) is 2.85. The number of non-ortho nitro benzene ring substituents is 1. The molecule has 2 rings (SSSR count). The van der Waals surface area contributed by atoms with Crippen molar-refractivity contribution in [1.82, 2.24) is 0 Å². The van der Waals surface area contributed by atoms with E-state index in [9.17, 15) is 14.9 Å². The standard InChI is InChI=1S/C14H14N2O3S/c1-8-4-5-11(16(18)19)7-13(8)15-14(17)12-6-9(2)20-10(12)3/h4-7H,1-3H3,(H,15,17). The normalized spacial score (nSPS) is 10.3. The SMILES string of the molecule is Cc1cc(C(=O)Nc2cc([N+](=O)[O-])ccc2C)c(C)s1. The zero-order valence-electron chi connectivity index (χ0n) is 11.4. The number of carbonyl (C=O) groups excluding carboxylic acids is 1. The molecule has 0 spiro atoms. The first kappa shape index (κ1) is 14.2. The lowest BCUT2D eigenvalue weighted by Crippen LogP contribution is -2.13. The molecule has 0 unspecified atom stereocenters. The van der Waals surface area contributed by atoms with Crippen LogP contribution in [0.15, 0.2) is 24.3 Å². The van der Waals surface area contributed by atoms with Crippen molar-refractivity contribution in [1.29, 1.82) is 0 Å². The van der Waals surface area contributed by atoms with Crippen LogP contribution in [0.2, 0.25) is 0 Å². The first-order valence-corrected chi connectivity index (χ1v) is 6.83. The van der Waals surface area contributed by atoms with Crippen molar-refractivity contribution in [3.63, 3.8) is 0 Å². The number of nitrogens with one attached hydrogen (secondary N) is 1. The molecule has 2 aromatic rings. The van der Waals surface area contributed by atoms with Crippen molar-refractivity contribution in [2.24, 2.45) is 0 Å². The molecule has 1 heterocycles. The van der Waals surface area contributed by atoms with Gasteiger partial charge in [-0.25, -0.2) is 0 Å². The molecule has 5 nitrogen and oxygen atoms in total. The highest BCUT2D eigenvalue weighted by atomic mass is 32.1. The summed E-state index contributed by atoms with van der Waals surface area (Å²) >= 11 is 1.55. The highest BCUT2D eigenvalue weighted by Crippen LogP contribution is 2.25. The number of amides is 1. The van der Waals surface area contributed by atoms with Crippen LogP contribution in [0.4, 0.5) is 11.4 Å². The average molecular weight is 290 g/mol. The van der Waals surface area contributed by atoms with E-state index < -0.39 is 4.92 Å². The molecule has 0 radical (unpaired) electrons. The van der Waals surface area contributed by atoms with Gasteiger partial charge in [0.15, 0.2) is 0 Å². The van der Waals surface area contributed by atoms with Crippen LogP contribution < -0.4 is 5.32 Å². The molecule has 0 saturated heterocycles. The van der Waals surface area contributed by atoms with E-state index in [2.05, 4.69) is 5.32 Å². The Morgan fingerprint density at radius 1 is 1.25 bits per heavy atom. The number of nitrogens with zero attached hydrogens (tertiary/aromatic N) is 1. The van der Waals surface area contributed by atoms with Gasteiger partial charge in [-0.3, -0.25) is 14.9 Å².